The fraction of sp³-hybridized carbons (Fsp3) is 0.0800. The molecule has 4 rings (SSSR count). The predicted octanol–water partition coefficient (Wildman–Crippen LogP) is 4.91. The standard InChI is InChI=1S/C25H19NO6/c1-2-29-22-16-18(10-12-20(22)31-25(28)21-9-6-14-30-21)15-19-24(27)32-23(26-19)13-11-17-7-4-3-5-8-17/h3-16H,2H2,1H3/b13-11+,19-15-. The number of benzene rings is 2. The Morgan fingerprint density at radius 2 is 1.84 bits per heavy atom. The molecule has 0 N–H and O–H groups in total. The summed E-state index contributed by atoms with van der Waals surface area (Å²) in [6.45, 7) is 2.17. The number of hydrogen-bond donors (Lipinski definition) is 0. The Morgan fingerprint density at radius 3 is 2.59 bits per heavy atom. The van der Waals surface area contributed by atoms with Crippen LogP contribution in [-0.4, -0.2) is 24.4 Å². The van der Waals surface area contributed by atoms with Crippen LogP contribution in [0.1, 0.15) is 28.6 Å². The first-order valence-corrected chi connectivity index (χ1v) is 9.90. The second kappa shape index (κ2) is 9.61. The molecule has 0 bridgehead atoms. The second-order valence-electron chi connectivity index (χ2n) is 6.62. The van der Waals surface area contributed by atoms with Crippen molar-refractivity contribution in [1.29, 1.82) is 0 Å². The Kier molecular flexibility index (Phi) is 6.27. The number of carbonyl (C=O) groups is 2. The normalized spacial score (nSPS) is 14.5. The molecule has 7 heteroatoms. The first kappa shape index (κ1) is 20.9. The zero-order valence-electron chi connectivity index (χ0n) is 17.2. The average molecular weight is 429 g/mol. The van der Waals surface area contributed by atoms with E-state index in [1.54, 1.807) is 36.4 Å². The first-order chi connectivity index (χ1) is 15.6. The zero-order valence-corrected chi connectivity index (χ0v) is 17.2. The summed E-state index contributed by atoms with van der Waals surface area (Å²) in [6.07, 6.45) is 6.41. The molecule has 0 atom stereocenters. The lowest BCUT2D eigenvalue weighted by atomic mass is 10.1. The fourth-order valence-electron chi connectivity index (χ4n) is 2.90. The predicted molar refractivity (Wildman–Crippen MR) is 118 cm³/mol. The van der Waals surface area contributed by atoms with Gasteiger partial charge >= 0.3 is 11.9 Å². The quantitative estimate of drug-likeness (QED) is 0.301. The second-order valence-corrected chi connectivity index (χ2v) is 6.62. The van der Waals surface area contributed by atoms with E-state index in [-0.39, 0.29) is 23.1 Å². The number of ether oxygens (including phenoxy) is 3. The maximum atomic E-state index is 12.2. The van der Waals surface area contributed by atoms with Gasteiger partial charge in [0.1, 0.15) is 0 Å². The molecule has 0 fully saturated rings. The van der Waals surface area contributed by atoms with Crippen LogP contribution in [-0.2, 0) is 9.53 Å². The largest absolute Gasteiger partial charge is 0.490 e. The summed E-state index contributed by atoms with van der Waals surface area (Å²) in [5.74, 6) is -0.317. The van der Waals surface area contributed by atoms with E-state index in [1.165, 1.54) is 12.3 Å². The van der Waals surface area contributed by atoms with Crippen molar-refractivity contribution in [2.45, 2.75) is 6.92 Å². The van der Waals surface area contributed by atoms with E-state index in [2.05, 4.69) is 4.99 Å². The molecule has 0 saturated heterocycles. The highest BCUT2D eigenvalue weighted by atomic mass is 16.6. The molecule has 160 valence electrons. The van der Waals surface area contributed by atoms with Gasteiger partial charge in [0.15, 0.2) is 17.2 Å². The summed E-state index contributed by atoms with van der Waals surface area (Å²) in [7, 11) is 0. The van der Waals surface area contributed by atoms with E-state index < -0.39 is 11.9 Å². The van der Waals surface area contributed by atoms with Crippen molar-refractivity contribution in [3.8, 4) is 11.5 Å². The van der Waals surface area contributed by atoms with E-state index in [0.29, 0.717) is 17.9 Å². The molecule has 0 amide bonds. The third-order valence-electron chi connectivity index (χ3n) is 4.35. The van der Waals surface area contributed by atoms with Crippen LogP contribution < -0.4 is 9.47 Å². The van der Waals surface area contributed by atoms with Crippen LogP contribution in [0.4, 0.5) is 0 Å². The zero-order chi connectivity index (χ0) is 22.3. The summed E-state index contributed by atoms with van der Waals surface area (Å²) in [6, 6.07) is 17.6. The summed E-state index contributed by atoms with van der Waals surface area (Å²) >= 11 is 0. The smallest absolute Gasteiger partial charge is 0.379 e. The third-order valence-corrected chi connectivity index (χ3v) is 4.35. The Hall–Kier alpha value is -4.39. The molecular formula is C25H19NO6. The van der Waals surface area contributed by atoms with Gasteiger partial charge in [-0.05, 0) is 54.5 Å². The Balaban J connectivity index is 1.54. The van der Waals surface area contributed by atoms with Gasteiger partial charge < -0.3 is 18.6 Å². The van der Waals surface area contributed by atoms with Gasteiger partial charge in [-0.3, -0.25) is 0 Å². The van der Waals surface area contributed by atoms with Gasteiger partial charge in [-0.1, -0.05) is 36.4 Å². The van der Waals surface area contributed by atoms with Crippen LogP contribution in [0.25, 0.3) is 12.2 Å². The molecular weight excluding hydrogens is 410 g/mol. The lowest BCUT2D eigenvalue weighted by Gasteiger charge is -2.10. The van der Waals surface area contributed by atoms with Gasteiger partial charge in [-0.2, -0.15) is 0 Å². The number of esters is 2. The summed E-state index contributed by atoms with van der Waals surface area (Å²) < 4.78 is 21.2. The minimum Gasteiger partial charge on any atom is -0.490 e. The number of aliphatic imine (C=N–C) groups is 1. The topological polar surface area (TPSA) is 87.3 Å². The Morgan fingerprint density at radius 1 is 1.00 bits per heavy atom. The van der Waals surface area contributed by atoms with Crippen molar-refractivity contribution in [2.75, 3.05) is 6.61 Å². The van der Waals surface area contributed by atoms with Crippen LogP contribution in [0.5, 0.6) is 11.5 Å². The molecule has 0 radical (unpaired) electrons. The van der Waals surface area contributed by atoms with Gasteiger partial charge in [0.05, 0.1) is 12.9 Å². The third kappa shape index (κ3) is 5.02. The maximum absolute atomic E-state index is 12.2. The molecule has 7 nitrogen and oxygen atoms in total. The van der Waals surface area contributed by atoms with Crippen LogP contribution in [0, 0.1) is 0 Å². The lowest BCUT2D eigenvalue weighted by Crippen LogP contribution is -2.08. The number of hydrogen-bond acceptors (Lipinski definition) is 7. The van der Waals surface area contributed by atoms with Gasteiger partial charge in [0, 0.05) is 6.08 Å². The van der Waals surface area contributed by atoms with Gasteiger partial charge in [-0.25, -0.2) is 14.6 Å². The highest BCUT2D eigenvalue weighted by Gasteiger charge is 2.22. The van der Waals surface area contributed by atoms with Crippen molar-refractivity contribution in [3.05, 3.63) is 95.6 Å². The van der Waals surface area contributed by atoms with E-state index in [1.807, 2.05) is 43.3 Å². The monoisotopic (exact) mass is 429 g/mol. The first-order valence-electron chi connectivity index (χ1n) is 9.90. The van der Waals surface area contributed by atoms with Crippen LogP contribution in [0.2, 0.25) is 0 Å². The molecule has 0 spiro atoms. The Bertz CT molecular complexity index is 1210. The molecule has 1 aromatic heterocycles. The number of carbonyl (C=O) groups excluding carboxylic acids is 2. The van der Waals surface area contributed by atoms with E-state index in [9.17, 15) is 9.59 Å². The molecule has 1 aliphatic rings. The van der Waals surface area contributed by atoms with Gasteiger partial charge in [0.25, 0.3) is 0 Å². The summed E-state index contributed by atoms with van der Waals surface area (Å²) in [4.78, 5) is 28.6. The van der Waals surface area contributed by atoms with E-state index in [4.69, 9.17) is 18.6 Å². The van der Waals surface area contributed by atoms with Crippen molar-refractivity contribution in [2.24, 2.45) is 4.99 Å². The SMILES string of the molecule is CCOc1cc(/C=C2N=C(/C=C/c3ccccc3)OC\2=O)ccc1OC(=O)c1ccco1. The molecule has 1 aliphatic heterocycles. The molecule has 2 aromatic carbocycles. The van der Waals surface area contributed by atoms with E-state index in [0.717, 1.165) is 5.56 Å². The maximum Gasteiger partial charge on any atom is 0.379 e. The highest BCUT2D eigenvalue weighted by molar-refractivity contribution is 6.11. The highest BCUT2D eigenvalue weighted by Crippen LogP contribution is 2.30. The minimum atomic E-state index is -0.638. The van der Waals surface area contributed by atoms with Crippen molar-refractivity contribution >= 4 is 30.0 Å². The van der Waals surface area contributed by atoms with Crippen LogP contribution in [0.3, 0.4) is 0 Å². The molecule has 0 saturated carbocycles. The minimum absolute atomic E-state index is 0.0813. The van der Waals surface area contributed by atoms with Gasteiger partial charge in [0.2, 0.25) is 11.7 Å². The fourth-order valence-corrected chi connectivity index (χ4v) is 2.90. The molecule has 32 heavy (non-hydrogen) atoms. The van der Waals surface area contributed by atoms with E-state index >= 15 is 0 Å². The van der Waals surface area contributed by atoms with Gasteiger partial charge in [-0.15, -0.1) is 0 Å². The van der Waals surface area contributed by atoms with Crippen LogP contribution in [0.15, 0.2) is 88.1 Å². The summed E-state index contributed by atoms with van der Waals surface area (Å²) in [5, 5.41) is 0. The Labute approximate surface area is 184 Å². The lowest BCUT2D eigenvalue weighted by molar-refractivity contribution is -0.129. The molecule has 0 unspecified atom stereocenters. The van der Waals surface area contributed by atoms with Crippen molar-refractivity contribution in [1.82, 2.24) is 0 Å². The van der Waals surface area contributed by atoms with Crippen LogP contribution >= 0.6 is 0 Å². The molecule has 3 aromatic rings. The molecule has 0 aliphatic carbocycles. The van der Waals surface area contributed by atoms with Crippen molar-refractivity contribution < 1.29 is 28.2 Å². The number of cyclic esters (lactones) is 1. The molecule has 2 heterocycles. The number of rotatable bonds is 7. The van der Waals surface area contributed by atoms with Crippen molar-refractivity contribution in [3.63, 3.8) is 0 Å². The average Bonchev–Trinajstić information content (AvgIpc) is 3.45. The summed E-state index contributed by atoms with van der Waals surface area (Å²) in [5.41, 5.74) is 1.75. The number of furan rings is 1. The number of nitrogens with zero attached hydrogens (tertiary/aromatic N) is 1.